The molecule has 6 nitrogen and oxygen atoms in total. The maximum Gasteiger partial charge on any atom is 0.255 e. The molecule has 160 valence electrons. The minimum atomic E-state index is -0.119. The summed E-state index contributed by atoms with van der Waals surface area (Å²) in [4.78, 5) is 21.5. The molecule has 31 heavy (non-hydrogen) atoms. The van der Waals surface area contributed by atoms with Gasteiger partial charge in [0.2, 0.25) is 0 Å². The first-order chi connectivity index (χ1) is 15.1. The van der Waals surface area contributed by atoms with Crippen molar-refractivity contribution in [1.29, 1.82) is 0 Å². The van der Waals surface area contributed by atoms with Crippen molar-refractivity contribution >= 4 is 11.6 Å². The average Bonchev–Trinajstić information content (AvgIpc) is 2.78. The standard InChI is InChI=1S/C25H28N4O2/c1-19-16-22(9-10-24(19)31-23-4-3-11-26-17-23)27-25(30)21-7-5-20(6-8-21)18-29-14-12-28(2)13-15-29/h3-11,16-17H,12-15,18H2,1-2H3,(H,27,30). The second kappa shape index (κ2) is 9.73. The zero-order valence-electron chi connectivity index (χ0n) is 18.0. The fourth-order valence-electron chi connectivity index (χ4n) is 3.61. The van der Waals surface area contributed by atoms with Gasteiger partial charge in [0.1, 0.15) is 11.5 Å². The lowest BCUT2D eigenvalue weighted by Gasteiger charge is -2.32. The van der Waals surface area contributed by atoms with Crippen molar-refractivity contribution in [2.75, 3.05) is 38.5 Å². The number of hydrogen-bond donors (Lipinski definition) is 1. The van der Waals surface area contributed by atoms with Crippen molar-refractivity contribution in [2.45, 2.75) is 13.5 Å². The number of amides is 1. The largest absolute Gasteiger partial charge is 0.455 e. The lowest BCUT2D eigenvalue weighted by atomic mass is 10.1. The van der Waals surface area contributed by atoms with Crippen LogP contribution in [0.15, 0.2) is 67.0 Å². The van der Waals surface area contributed by atoms with Crippen LogP contribution in [0, 0.1) is 6.92 Å². The summed E-state index contributed by atoms with van der Waals surface area (Å²) in [5.74, 6) is 1.30. The van der Waals surface area contributed by atoms with Gasteiger partial charge in [-0.1, -0.05) is 12.1 Å². The summed E-state index contributed by atoms with van der Waals surface area (Å²) < 4.78 is 5.85. The molecule has 1 aliphatic rings. The Labute approximate surface area is 183 Å². The molecule has 1 saturated heterocycles. The van der Waals surface area contributed by atoms with Gasteiger partial charge in [0.15, 0.2) is 0 Å². The molecule has 4 rings (SSSR count). The maximum atomic E-state index is 12.7. The van der Waals surface area contributed by atoms with Crippen LogP contribution in [0.1, 0.15) is 21.5 Å². The molecule has 1 aliphatic heterocycles. The SMILES string of the molecule is Cc1cc(NC(=O)c2ccc(CN3CCN(C)CC3)cc2)ccc1Oc1cccnc1. The highest BCUT2D eigenvalue weighted by molar-refractivity contribution is 6.04. The lowest BCUT2D eigenvalue weighted by Crippen LogP contribution is -2.43. The number of aromatic nitrogens is 1. The van der Waals surface area contributed by atoms with Crippen LogP contribution in [-0.2, 0) is 6.54 Å². The van der Waals surface area contributed by atoms with Gasteiger partial charge in [0.25, 0.3) is 5.91 Å². The molecule has 0 aliphatic carbocycles. The summed E-state index contributed by atoms with van der Waals surface area (Å²) in [6.07, 6.45) is 3.37. The van der Waals surface area contributed by atoms with Gasteiger partial charge in [-0.25, -0.2) is 0 Å². The number of nitrogens with zero attached hydrogens (tertiary/aromatic N) is 3. The molecule has 0 radical (unpaired) electrons. The predicted octanol–water partition coefficient (Wildman–Crippen LogP) is 4.18. The molecule has 0 bridgehead atoms. The number of carbonyl (C=O) groups is 1. The van der Waals surface area contributed by atoms with Crippen molar-refractivity contribution in [1.82, 2.24) is 14.8 Å². The van der Waals surface area contributed by atoms with Crippen molar-refractivity contribution in [3.05, 3.63) is 83.7 Å². The molecule has 1 N–H and O–H groups in total. The van der Waals surface area contributed by atoms with Crippen molar-refractivity contribution in [2.24, 2.45) is 0 Å². The van der Waals surface area contributed by atoms with E-state index in [2.05, 4.69) is 27.1 Å². The first-order valence-electron chi connectivity index (χ1n) is 10.6. The number of aryl methyl sites for hydroxylation is 1. The number of piperazine rings is 1. The molecule has 3 aromatic rings. The van der Waals surface area contributed by atoms with Crippen molar-refractivity contribution in [3.8, 4) is 11.5 Å². The highest BCUT2D eigenvalue weighted by Crippen LogP contribution is 2.27. The van der Waals surface area contributed by atoms with Crippen LogP contribution in [0.5, 0.6) is 11.5 Å². The quantitative estimate of drug-likeness (QED) is 0.653. The average molecular weight is 417 g/mol. The van der Waals surface area contributed by atoms with E-state index in [1.807, 2.05) is 61.5 Å². The van der Waals surface area contributed by atoms with E-state index in [4.69, 9.17) is 4.74 Å². The van der Waals surface area contributed by atoms with E-state index in [0.29, 0.717) is 11.3 Å². The van der Waals surface area contributed by atoms with Crippen LogP contribution in [0.25, 0.3) is 0 Å². The van der Waals surface area contributed by atoms with Gasteiger partial charge in [-0.05, 0) is 67.6 Å². The van der Waals surface area contributed by atoms with Crippen molar-refractivity contribution < 1.29 is 9.53 Å². The predicted molar refractivity (Wildman–Crippen MR) is 123 cm³/mol. The summed E-state index contributed by atoms with van der Waals surface area (Å²) in [5.41, 5.74) is 3.55. The first kappa shape index (κ1) is 21.0. The van der Waals surface area contributed by atoms with Gasteiger partial charge in [-0.2, -0.15) is 0 Å². The third kappa shape index (κ3) is 5.69. The fourth-order valence-corrected chi connectivity index (χ4v) is 3.61. The number of anilines is 1. The summed E-state index contributed by atoms with van der Waals surface area (Å²) in [6.45, 7) is 7.25. The molecule has 0 saturated carbocycles. The molecule has 1 amide bonds. The van der Waals surface area contributed by atoms with Gasteiger partial charge in [0.05, 0.1) is 6.20 Å². The van der Waals surface area contributed by atoms with Crippen LogP contribution in [0.3, 0.4) is 0 Å². The van der Waals surface area contributed by atoms with Crippen LogP contribution in [-0.4, -0.2) is 53.9 Å². The van der Waals surface area contributed by atoms with E-state index < -0.39 is 0 Å². The molecular weight excluding hydrogens is 388 g/mol. The van der Waals surface area contributed by atoms with Crippen LogP contribution in [0.2, 0.25) is 0 Å². The maximum absolute atomic E-state index is 12.7. The number of hydrogen-bond acceptors (Lipinski definition) is 5. The number of likely N-dealkylation sites (N-methyl/N-ethyl adjacent to an activating group) is 1. The molecule has 0 spiro atoms. The van der Waals surface area contributed by atoms with E-state index in [1.165, 1.54) is 5.56 Å². The summed E-state index contributed by atoms with van der Waals surface area (Å²) in [7, 11) is 2.16. The molecule has 2 heterocycles. The van der Waals surface area contributed by atoms with Crippen LogP contribution >= 0.6 is 0 Å². The normalized spacial score (nSPS) is 14.9. The van der Waals surface area contributed by atoms with E-state index in [-0.39, 0.29) is 5.91 Å². The number of ether oxygens (including phenoxy) is 1. The Hall–Kier alpha value is -3.22. The Balaban J connectivity index is 1.35. The summed E-state index contributed by atoms with van der Waals surface area (Å²) >= 11 is 0. The monoisotopic (exact) mass is 416 g/mol. The number of rotatable bonds is 6. The summed E-state index contributed by atoms with van der Waals surface area (Å²) in [5, 5.41) is 2.97. The van der Waals surface area contributed by atoms with E-state index in [9.17, 15) is 4.79 Å². The van der Waals surface area contributed by atoms with Gasteiger partial charge in [-0.3, -0.25) is 14.7 Å². The van der Waals surface area contributed by atoms with E-state index in [0.717, 1.165) is 49.7 Å². The highest BCUT2D eigenvalue weighted by atomic mass is 16.5. The smallest absolute Gasteiger partial charge is 0.255 e. The second-order valence-corrected chi connectivity index (χ2v) is 8.00. The summed E-state index contributed by atoms with van der Waals surface area (Å²) in [6, 6.07) is 17.2. The number of pyridine rings is 1. The number of benzene rings is 2. The molecule has 0 unspecified atom stereocenters. The molecular formula is C25H28N4O2. The van der Waals surface area contributed by atoms with Gasteiger partial charge < -0.3 is 15.0 Å². The minimum Gasteiger partial charge on any atom is -0.455 e. The number of carbonyl (C=O) groups excluding carboxylic acids is 1. The Kier molecular flexibility index (Phi) is 6.60. The highest BCUT2D eigenvalue weighted by Gasteiger charge is 2.14. The first-order valence-corrected chi connectivity index (χ1v) is 10.6. The van der Waals surface area contributed by atoms with Crippen LogP contribution in [0.4, 0.5) is 5.69 Å². The molecule has 0 atom stereocenters. The van der Waals surface area contributed by atoms with Gasteiger partial charge >= 0.3 is 0 Å². The fraction of sp³-hybridized carbons (Fsp3) is 0.280. The molecule has 1 aromatic heterocycles. The minimum absolute atomic E-state index is 0.119. The Morgan fingerprint density at radius 3 is 2.52 bits per heavy atom. The Morgan fingerprint density at radius 1 is 1.06 bits per heavy atom. The van der Waals surface area contributed by atoms with Crippen molar-refractivity contribution in [3.63, 3.8) is 0 Å². The zero-order valence-corrected chi connectivity index (χ0v) is 18.0. The van der Waals surface area contributed by atoms with Crippen LogP contribution < -0.4 is 10.1 Å². The zero-order chi connectivity index (χ0) is 21.6. The molecule has 6 heteroatoms. The Morgan fingerprint density at radius 2 is 1.84 bits per heavy atom. The van der Waals surface area contributed by atoms with Gasteiger partial charge in [0, 0.05) is 50.2 Å². The van der Waals surface area contributed by atoms with E-state index >= 15 is 0 Å². The topological polar surface area (TPSA) is 57.7 Å². The van der Waals surface area contributed by atoms with E-state index in [1.54, 1.807) is 12.4 Å². The molecule has 2 aromatic carbocycles. The lowest BCUT2D eigenvalue weighted by molar-refractivity contribution is 0.102. The van der Waals surface area contributed by atoms with Gasteiger partial charge in [-0.15, -0.1) is 0 Å². The molecule has 1 fully saturated rings. The second-order valence-electron chi connectivity index (χ2n) is 8.00. The third-order valence-corrected chi connectivity index (χ3v) is 5.51. The Bertz CT molecular complexity index is 1010. The number of nitrogens with one attached hydrogen (secondary N) is 1. The third-order valence-electron chi connectivity index (χ3n) is 5.51.